The fraction of sp³-hybridized carbons (Fsp3) is 0.529. The summed E-state index contributed by atoms with van der Waals surface area (Å²) in [6.45, 7) is 9.70. The first-order valence-corrected chi connectivity index (χ1v) is 7.45. The summed E-state index contributed by atoms with van der Waals surface area (Å²) in [6.07, 6.45) is 0. The Morgan fingerprint density at radius 2 is 1.71 bits per heavy atom. The second kappa shape index (κ2) is 11.0. The van der Waals surface area contributed by atoms with Crippen LogP contribution < -0.4 is 14.8 Å². The molecule has 1 N–H and O–H groups in total. The van der Waals surface area contributed by atoms with Gasteiger partial charge in [0, 0.05) is 13.1 Å². The Morgan fingerprint density at radius 1 is 1.05 bits per heavy atom. The third-order valence-corrected chi connectivity index (χ3v) is 3.21. The topological polar surface area (TPSA) is 33.7 Å². The van der Waals surface area contributed by atoms with Gasteiger partial charge in [-0.15, -0.1) is 0 Å². The van der Waals surface area contributed by atoms with Crippen LogP contribution in [0.1, 0.15) is 13.8 Å². The largest absolute Gasteiger partial charge is 0.497 e. The molecule has 0 amide bonds. The van der Waals surface area contributed by atoms with Gasteiger partial charge in [-0.3, -0.25) is 0 Å². The number of nitrogens with one attached hydrogen (secondary N) is 1. The Hall–Kier alpha value is -1.70. The number of hydrogen-bond acceptors (Lipinski definition) is 4. The van der Waals surface area contributed by atoms with Gasteiger partial charge in [-0.2, -0.15) is 0 Å². The molecule has 0 aliphatic heterocycles. The minimum absolute atomic E-state index is 0.407. The highest BCUT2D eigenvalue weighted by molar-refractivity contribution is 5.31. The summed E-state index contributed by atoms with van der Waals surface area (Å²) in [5, 5.41) is 3.31. The van der Waals surface area contributed by atoms with Crippen molar-refractivity contribution in [3.05, 3.63) is 24.3 Å². The molecule has 0 aliphatic carbocycles. The normalized spacial score (nSPS) is 10.1. The molecule has 0 atom stereocenters. The molecule has 1 aromatic rings. The van der Waals surface area contributed by atoms with Crippen LogP contribution in [-0.4, -0.2) is 51.3 Å². The maximum Gasteiger partial charge on any atom is 0.149 e. The van der Waals surface area contributed by atoms with Crippen LogP contribution in [0.4, 0.5) is 0 Å². The smallest absolute Gasteiger partial charge is 0.149 e. The molecule has 0 bridgehead atoms. The fourth-order valence-electron chi connectivity index (χ4n) is 1.83. The summed E-state index contributed by atoms with van der Waals surface area (Å²) in [6, 6.07) is 7.50. The molecule has 0 heterocycles. The Balaban J connectivity index is 2.10. The van der Waals surface area contributed by atoms with E-state index in [1.165, 1.54) is 0 Å². The molecule has 0 aliphatic rings. The van der Waals surface area contributed by atoms with E-state index in [-0.39, 0.29) is 0 Å². The zero-order valence-electron chi connectivity index (χ0n) is 13.3. The Morgan fingerprint density at radius 3 is 2.33 bits per heavy atom. The zero-order valence-corrected chi connectivity index (χ0v) is 13.3. The summed E-state index contributed by atoms with van der Waals surface area (Å²) in [7, 11) is 1.65. The van der Waals surface area contributed by atoms with E-state index in [9.17, 15) is 0 Å². The van der Waals surface area contributed by atoms with E-state index in [0.717, 1.165) is 37.7 Å². The van der Waals surface area contributed by atoms with Gasteiger partial charge in [-0.05, 0) is 37.4 Å². The summed E-state index contributed by atoms with van der Waals surface area (Å²) >= 11 is 0. The van der Waals surface area contributed by atoms with Gasteiger partial charge in [0.2, 0.25) is 0 Å². The van der Waals surface area contributed by atoms with Gasteiger partial charge in [-0.1, -0.05) is 25.7 Å². The van der Waals surface area contributed by atoms with Crippen molar-refractivity contribution < 1.29 is 9.47 Å². The minimum Gasteiger partial charge on any atom is -0.497 e. The molecule has 0 unspecified atom stereocenters. The monoisotopic (exact) mass is 290 g/mol. The Kier molecular flexibility index (Phi) is 9.10. The van der Waals surface area contributed by atoms with Crippen molar-refractivity contribution in [2.75, 3.05) is 46.4 Å². The summed E-state index contributed by atoms with van der Waals surface area (Å²) in [4.78, 5) is 2.38. The molecule has 4 heteroatoms. The van der Waals surface area contributed by atoms with Crippen LogP contribution in [0.15, 0.2) is 24.3 Å². The third-order valence-electron chi connectivity index (χ3n) is 3.21. The molecule has 0 aromatic heterocycles. The average molecular weight is 290 g/mol. The highest BCUT2D eigenvalue weighted by Crippen LogP contribution is 2.16. The van der Waals surface area contributed by atoms with Crippen molar-refractivity contribution in [3.8, 4) is 23.3 Å². The predicted octanol–water partition coefficient (Wildman–Crippen LogP) is 2.01. The SMILES string of the molecule is CCN(CC)CCNCC#CCOc1ccc(OC)cc1. The summed E-state index contributed by atoms with van der Waals surface area (Å²) in [5.74, 6) is 7.69. The summed E-state index contributed by atoms with van der Waals surface area (Å²) in [5.41, 5.74) is 0. The number of likely N-dealkylation sites (N-methyl/N-ethyl adjacent to an activating group) is 1. The van der Waals surface area contributed by atoms with Crippen LogP contribution in [0.2, 0.25) is 0 Å². The van der Waals surface area contributed by atoms with Crippen LogP contribution >= 0.6 is 0 Å². The highest BCUT2D eigenvalue weighted by atomic mass is 16.5. The van der Waals surface area contributed by atoms with E-state index >= 15 is 0 Å². The minimum atomic E-state index is 0.407. The number of nitrogens with zero attached hydrogens (tertiary/aromatic N) is 1. The van der Waals surface area contributed by atoms with Gasteiger partial charge < -0.3 is 19.7 Å². The van der Waals surface area contributed by atoms with Gasteiger partial charge >= 0.3 is 0 Å². The first kappa shape index (κ1) is 17.4. The van der Waals surface area contributed by atoms with E-state index in [0.29, 0.717) is 13.2 Å². The van der Waals surface area contributed by atoms with Gasteiger partial charge in [-0.25, -0.2) is 0 Å². The second-order valence-electron chi connectivity index (χ2n) is 4.52. The molecule has 116 valence electrons. The molecular weight excluding hydrogens is 264 g/mol. The molecule has 0 saturated heterocycles. The molecule has 0 fully saturated rings. The Labute approximate surface area is 128 Å². The van der Waals surface area contributed by atoms with Crippen molar-refractivity contribution in [3.63, 3.8) is 0 Å². The van der Waals surface area contributed by atoms with E-state index in [2.05, 4.69) is 35.9 Å². The van der Waals surface area contributed by atoms with Crippen molar-refractivity contribution >= 4 is 0 Å². The van der Waals surface area contributed by atoms with Gasteiger partial charge in [0.1, 0.15) is 18.1 Å². The maximum absolute atomic E-state index is 5.52. The van der Waals surface area contributed by atoms with Crippen LogP contribution in [-0.2, 0) is 0 Å². The first-order valence-electron chi connectivity index (χ1n) is 7.45. The molecule has 1 aromatic carbocycles. The van der Waals surface area contributed by atoms with Gasteiger partial charge in [0.15, 0.2) is 0 Å². The van der Waals surface area contributed by atoms with Crippen LogP contribution in [0.25, 0.3) is 0 Å². The van der Waals surface area contributed by atoms with Crippen molar-refractivity contribution in [1.29, 1.82) is 0 Å². The third kappa shape index (κ3) is 7.60. The second-order valence-corrected chi connectivity index (χ2v) is 4.52. The lowest BCUT2D eigenvalue weighted by molar-refractivity contribution is 0.304. The van der Waals surface area contributed by atoms with Crippen molar-refractivity contribution in [2.45, 2.75) is 13.8 Å². The number of ether oxygens (including phenoxy) is 2. The van der Waals surface area contributed by atoms with Crippen molar-refractivity contribution in [2.24, 2.45) is 0 Å². The molecule has 4 nitrogen and oxygen atoms in total. The lowest BCUT2D eigenvalue weighted by Crippen LogP contribution is -2.32. The lowest BCUT2D eigenvalue weighted by atomic mass is 10.3. The molecular formula is C17H26N2O2. The summed E-state index contributed by atoms with van der Waals surface area (Å²) < 4.78 is 10.6. The molecule has 21 heavy (non-hydrogen) atoms. The van der Waals surface area contributed by atoms with E-state index in [4.69, 9.17) is 9.47 Å². The first-order chi connectivity index (χ1) is 10.3. The molecule has 1 rings (SSSR count). The number of benzene rings is 1. The zero-order chi connectivity index (χ0) is 15.3. The van der Waals surface area contributed by atoms with E-state index < -0.39 is 0 Å². The fourth-order valence-corrected chi connectivity index (χ4v) is 1.83. The average Bonchev–Trinajstić information content (AvgIpc) is 2.54. The number of methoxy groups -OCH3 is 1. The standard InChI is InChI=1S/C17H26N2O2/c1-4-19(5-2)14-13-18-12-6-7-15-21-17-10-8-16(20-3)9-11-17/h8-11,18H,4-5,12-15H2,1-3H3. The molecule has 0 spiro atoms. The molecule has 0 radical (unpaired) electrons. The van der Waals surface area contributed by atoms with Gasteiger partial charge in [0.25, 0.3) is 0 Å². The van der Waals surface area contributed by atoms with E-state index in [1.54, 1.807) is 7.11 Å². The highest BCUT2D eigenvalue weighted by Gasteiger charge is 1.96. The van der Waals surface area contributed by atoms with E-state index in [1.807, 2.05) is 24.3 Å². The lowest BCUT2D eigenvalue weighted by Gasteiger charge is -2.17. The van der Waals surface area contributed by atoms with Crippen LogP contribution in [0.3, 0.4) is 0 Å². The number of hydrogen-bond donors (Lipinski definition) is 1. The number of rotatable bonds is 9. The van der Waals surface area contributed by atoms with Crippen molar-refractivity contribution in [1.82, 2.24) is 10.2 Å². The Bertz CT molecular complexity index is 430. The van der Waals surface area contributed by atoms with Crippen LogP contribution in [0, 0.1) is 11.8 Å². The maximum atomic E-state index is 5.52. The molecule has 0 saturated carbocycles. The predicted molar refractivity (Wildman–Crippen MR) is 86.9 cm³/mol. The van der Waals surface area contributed by atoms with Gasteiger partial charge in [0.05, 0.1) is 13.7 Å². The van der Waals surface area contributed by atoms with Crippen LogP contribution in [0.5, 0.6) is 11.5 Å². The quantitative estimate of drug-likeness (QED) is 0.557.